The Morgan fingerprint density at radius 1 is 0.750 bits per heavy atom. The van der Waals surface area contributed by atoms with E-state index in [-0.39, 0.29) is 39.0 Å². The van der Waals surface area contributed by atoms with Gasteiger partial charge < -0.3 is 26.7 Å². The molecule has 0 radical (unpaired) electrons. The monoisotopic (exact) mass is 646 g/mol. The Kier molecular flexibility index (Phi) is 15.9. The summed E-state index contributed by atoms with van der Waals surface area (Å²) in [6.07, 6.45) is 26.6. The van der Waals surface area contributed by atoms with E-state index in [0.29, 0.717) is 5.92 Å². The molecule has 0 nitrogen and oxygen atoms in total. The third-order valence-electron chi connectivity index (χ3n) is 12.4. The van der Waals surface area contributed by atoms with Gasteiger partial charge in [-0.15, -0.1) is 23.0 Å². The number of hydrogen-bond acceptors (Lipinski definition) is 0. The maximum absolute atomic E-state index is 4.42. The molecule has 2 heteroatoms. The van der Waals surface area contributed by atoms with Gasteiger partial charge in [0, 0.05) is 0 Å². The summed E-state index contributed by atoms with van der Waals surface area (Å²) < 4.78 is 0. The average molecular weight is 650 g/mol. The van der Waals surface area contributed by atoms with Gasteiger partial charge in [0.25, 0.3) is 0 Å². The topological polar surface area (TPSA) is 0 Å². The standard InChI is InChI=1S/C16H28.2C11H17.2Zn/c1-5-11(3)14-7-8-15-13(6-2)9-12(4)16(15)10-14;2*1-3-8-5-11-7-10(8)6-9(11)4-2;;/h11-16H,3-10H2,1-2H3;2*3,6,9-11H,4-5,7H2,1-2H3;;/q-2;2*-1;2*+2/b;2*8-3+;;. The average Bonchev–Trinajstić information content (AvgIpc) is 3.78. The van der Waals surface area contributed by atoms with Gasteiger partial charge in [-0.25, -0.2) is 0 Å². The number of allylic oxidation sites excluding steroid dienone is 4. The van der Waals surface area contributed by atoms with Crippen molar-refractivity contribution >= 4 is 0 Å². The fourth-order valence-corrected chi connectivity index (χ4v) is 9.96. The van der Waals surface area contributed by atoms with Gasteiger partial charge in [0.15, 0.2) is 0 Å². The van der Waals surface area contributed by atoms with E-state index >= 15 is 0 Å². The minimum atomic E-state index is 0. The van der Waals surface area contributed by atoms with Crippen molar-refractivity contribution in [1.82, 2.24) is 0 Å². The molecule has 0 heterocycles. The summed E-state index contributed by atoms with van der Waals surface area (Å²) >= 11 is 0. The van der Waals surface area contributed by atoms with Crippen LogP contribution in [0.25, 0.3) is 0 Å². The first kappa shape index (κ1) is 36.9. The summed E-state index contributed by atoms with van der Waals surface area (Å²) in [7, 11) is 0. The number of hydrogen-bond donors (Lipinski definition) is 0. The predicted molar refractivity (Wildman–Crippen MR) is 167 cm³/mol. The molecule has 0 aromatic rings. The summed E-state index contributed by atoms with van der Waals surface area (Å²) in [6, 6.07) is 0. The van der Waals surface area contributed by atoms with Crippen molar-refractivity contribution in [2.75, 3.05) is 0 Å². The summed E-state index contributed by atoms with van der Waals surface area (Å²) in [5.41, 5.74) is 3.42. The maximum atomic E-state index is 4.42. The zero-order valence-electron chi connectivity index (χ0n) is 27.6. The van der Waals surface area contributed by atoms with Gasteiger partial charge in [0.2, 0.25) is 0 Å². The van der Waals surface area contributed by atoms with E-state index in [9.17, 15) is 0 Å². The van der Waals surface area contributed by atoms with Gasteiger partial charge in [-0.05, 0) is 44.9 Å². The molecule has 6 aliphatic rings. The minimum absolute atomic E-state index is 0. The molecule has 0 aromatic heterocycles. The fraction of sp³-hybridized carbons (Fsp3) is 0.789. The van der Waals surface area contributed by atoms with Crippen LogP contribution in [0.3, 0.4) is 0 Å². The Bertz CT molecular complexity index is 755. The van der Waals surface area contributed by atoms with E-state index < -0.39 is 0 Å². The van der Waals surface area contributed by atoms with E-state index in [4.69, 9.17) is 0 Å². The largest absolute Gasteiger partial charge is 2.00 e. The molecular formula is C38H62Zn2. The van der Waals surface area contributed by atoms with Crippen LogP contribution in [0.15, 0.2) is 23.3 Å². The van der Waals surface area contributed by atoms with Crippen LogP contribution in [0.1, 0.15) is 119 Å². The van der Waals surface area contributed by atoms with E-state index in [1.54, 1.807) is 11.1 Å². The summed E-state index contributed by atoms with van der Waals surface area (Å²) in [6.45, 7) is 22.4. The number of fused-ring (bicyclic) bond motifs is 5. The van der Waals surface area contributed by atoms with Crippen LogP contribution in [-0.4, -0.2) is 0 Å². The van der Waals surface area contributed by atoms with Crippen molar-refractivity contribution in [2.45, 2.75) is 119 Å². The first-order chi connectivity index (χ1) is 18.4. The van der Waals surface area contributed by atoms with Crippen molar-refractivity contribution in [3.05, 3.63) is 50.0 Å². The normalized spacial score (nSPS) is 43.2. The first-order valence-electron chi connectivity index (χ1n) is 17.0. The van der Waals surface area contributed by atoms with Crippen molar-refractivity contribution in [1.29, 1.82) is 0 Å². The van der Waals surface area contributed by atoms with Crippen molar-refractivity contribution in [2.24, 2.45) is 71.0 Å². The Morgan fingerprint density at radius 2 is 1.27 bits per heavy atom. The number of rotatable bonds is 5. The third kappa shape index (κ3) is 8.25. The second-order valence-electron chi connectivity index (χ2n) is 14.1. The van der Waals surface area contributed by atoms with Gasteiger partial charge in [-0.2, -0.15) is 23.7 Å². The summed E-state index contributed by atoms with van der Waals surface area (Å²) in [4.78, 5) is 0. The quantitative estimate of drug-likeness (QED) is 0.158. The zero-order chi connectivity index (χ0) is 27.4. The van der Waals surface area contributed by atoms with Crippen LogP contribution in [0.4, 0.5) is 0 Å². The molecule has 0 saturated heterocycles. The third-order valence-corrected chi connectivity index (χ3v) is 12.4. The maximum Gasteiger partial charge on any atom is 2.00 e. The second-order valence-corrected chi connectivity index (χ2v) is 14.1. The van der Waals surface area contributed by atoms with E-state index in [1.165, 1.54) is 77.0 Å². The Hall–Kier alpha value is 0.727. The molecule has 4 bridgehead atoms. The molecule has 218 valence electrons. The molecule has 0 amide bonds. The van der Waals surface area contributed by atoms with Gasteiger partial charge >= 0.3 is 39.0 Å². The molecule has 6 saturated carbocycles. The van der Waals surface area contributed by atoms with Crippen molar-refractivity contribution < 1.29 is 39.0 Å². The molecule has 6 aliphatic carbocycles. The van der Waals surface area contributed by atoms with Gasteiger partial charge in [0.05, 0.1) is 0 Å². The molecule has 0 spiro atoms. The SMILES string of the molecule is C/C=C1\CC2CC1[CH-]C2CC.C/C=C1\CC2CC1[CH-]C2CC.[CH2-]C(CC)C1CCC2C(CC)CC([CH2-])C2C1.[Zn+2].[Zn+2]. The van der Waals surface area contributed by atoms with E-state index in [1.807, 2.05) is 0 Å². The van der Waals surface area contributed by atoms with Crippen LogP contribution in [0, 0.1) is 97.7 Å². The zero-order valence-corrected chi connectivity index (χ0v) is 33.5. The summed E-state index contributed by atoms with van der Waals surface area (Å²) in [5, 5.41) is 0. The molecular weight excluding hydrogens is 587 g/mol. The predicted octanol–water partition coefficient (Wildman–Crippen LogP) is 11.2. The molecule has 12 atom stereocenters. The van der Waals surface area contributed by atoms with Crippen molar-refractivity contribution in [3.63, 3.8) is 0 Å². The molecule has 0 aliphatic heterocycles. The molecule has 0 aromatic carbocycles. The fourth-order valence-electron chi connectivity index (χ4n) is 9.96. The van der Waals surface area contributed by atoms with Crippen LogP contribution in [0.2, 0.25) is 0 Å². The van der Waals surface area contributed by atoms with E-state index in [2.05, 4.69) is 80.4 Å². The Labute approximate surface area is 277 Å². The van der Waals surface area contributed by atoms with Crippen molar-refractivity contribution in [3.8, 4) is 0 Å². The Morgan fingerprint density at radius 3 is 1.65 bits per heavy atom. The van der Waals surface area contributed by atoms with Crippen LogP contribution in [0.5, 0.6) is 0 Å². The van der Waals surface area contributed by atoms with Gasteiger partial charge in [-0.1, -0.05) is 121 Å². The smallest absolute Gasteiger partial charge is 0.340 e. The molecule has 6 fully saturated rings. The van der Waals surface area contributed by atoms with Crippen LogP contribution < -0.4 is 0 Å². The molecule has 12 unspecified atom stereocenters. The van der Waals surface area contributed by atoms with Crippen LogP contribution >= 0.6 is 0 Å². The van der Waals surface area contributed by atoms with Gasteiger partial charge in [-0.3, -0.25) is 0 Å². The Balaban J connectivity index is 0.000000210. The molecule has 6 rings (SSSR count). The van der Waals surface area contributed by atoms with Gasteiger partial charge in [0.1, 0.15) is 0 Å². The minimum Gasteiger partial charge on any atom is -0.340 e. The second kappa shape index (κ2) is 17.3. The van der Waals surface area contributed by atoms with Crippen LogP contribution in [-0.2, 0) is 39.0 Å². The van der Waals surface area contributed by atoms with E-state index in [0.717, 1.165) is 65.1 Å². The summed E-state index contributed by atoms with van der Waals surface area (Å²) in [5.74, 6) is 10.9. The molecule has 40 heavy (non-hydrogen) atoms. The first-order valence-corrected chi connectivity index (χ1v) is 17.0. The molecule has 0 N–H and O–H groups in total.